The first kappa shape index (κ1) is 24.0. The van der Waals surface area contributed by atoms with E-state index >= 15 is 0 Å². The second kappa shape index (κ2) is 9.86. The van der Waals surface area contributed by atoms with Crippen LogP contribution in [-0.2, 0) is 4.79 Å². The summed E-state index contributed by atoms with van der Waals surface area (Å²) < 4.78 is 1.65. The van der Waals surface area contributed by atoms with Gasteiger partial charge in [0, 0.05) is 41.2 Å². The first-order valence-corrected chi connectivity index (χ1v) is 11.1. The van der Waals surface area contributed by atoms with Crippen molar-refractivity contribution in [2.75, 3.05) is 0 Å². The fourth-order valence-electron chi connectivity index (χ4n) is 3.53. The van der Waals surface area contributed by atoms with Crippen molar-refractivity contribution in [1.29, 1.82) is 0 Å². The first-order valence-electron chi connectivity index (χ1n) is 11.1. The molecule has 0 atom stereocenters. The molecule has 2 amide bonds. The molecule has 1 heterocycles. The van der Waals surface area contributed by atoms with Crippen LogP contribution in [0.3, 0.4) is 0 Å². The van der Waals surface area contributed by atoms with E-state index in [1.807, 2.05) is 65.0 Å². The zero-order valence-corrected chi connectivity index (χ0v) is 19.8. The van der Waals surface area contributed by atoms with Crippen molar-refractivity contribution in [1.82, 2.24) is 15.0 Å². The van der Waals surface area contributed by atoms with Gasteiger partial charge in [0.1, 0.15) is 0 Å². The van der Waals surface area contributed by atoms with E-state index in [2.05, 4.69) is 5.43 Å². The van der Waals surface area contributed by atoms with E-state index in [9.17, 15) is 14.4 Å². The normalized spacial score (nSPS) is 11.8. The fourth-order valence-corrected chi connectivity index (χ4v) is 3.53. The third kappa shape index (κ3) is 5.98. The molecule has 0 aliphatic heterocycles. The van der Waals surface area contributed by atoms with Gasteiger partial charge in [0.05, 0.1) is 5.52 Å². The van der Waals surface area contributed by atoms with E-state index in [4.69, 9.17) is 0 Å². The number of hydrazine groups is 1. The summed E-state index contributed by atoms with van der Waals surface area (Å²) in [6, 6.07) is 16.1. The number of carbonyl (C=O) groups excluding carboxylic acids is 3. The molecule has 0 saturated heterocycles. The second-order valence-electron chi connectivity index (χ2n) is 9.55. The number of fused-ring (bicyclic) bond motifs is 1. The Bertz CT molecular complexity index is 1180. The summed E-state index contributed by atoms with van der Waals surface area (Å²) in [4.78, 5) is 38.4. The second-order valence-corrected chi connectivity index (χ2v) is 9.55. The number of para-hydroxylation sites is 1. The minimum Gasteiger partial charge on any atom is -0.287 e. The first-order chi connectivity index (χ1) is 15.6. The summed E-state index contributed by atoms with van der Waals surface area (Å²) in [5, 5.41) is 2.18. The van der Waals surface area contributed by atoms with Gasteiger partial charge in [-0.15, -0.1) is 0 Å². The molecule has 0 fully saturated rings. The maximum absolute atomic E-state index is 12.9. The number of nitrogens with zero attached hydrogens (tertiary/aromatic N) is 2. The Labute approximate surface area is 194 Å². The van der Waals surface area contributed by atoms with Gasteiger partial charge in [0.25, 0.3) is 11.8 Å². The van der Waals surface area contributed by atoms with Crippen LogP contribution in [0.2, 0.25) is 0 Å². The van der Waals surface area contributed by atoms with Crippen molar-refractivity contribution in [3.63, 3.8) is 0 Å². The highest BCUT2D eigenvalue weighted by molar-refractivity contribution is 6.01. The van der Waals surface area contributed by atoms with Crippen molar-refractivity contribution in [2.45, 2.75) is 47.1 Å². The average molecular weight is 446 g/mol. The molecular formula is C27H31N3O3. The van der Waals surface area contributed by atoms with Gasteiger partial charge in [0.15, 0.2) is 0 Å². The summed E-state index contributed by atoms with van der Waals surface area (Å²) in [5.74, 6) is -0.703. The average Bonchev–Trinajstić information content (AvgIpc) is 3.14. The number of aromatic nitrogens is 1. The van der Waals surface area contributed by atoms with Gasteiger partial charge in [-0.3, -0.25) is 24.4 Å². The predicted octanol–water partition coefficient (Wildman–Crippen LogP) is 5.31. The number of hydrogen-bond acceptors (Lipinski definition) is 3. The smallest absolute Gasteiger partial charge is 0.269 e. The van der Waals surface area contributed by atoms with Gasteiger partial charge in [-0.1, -0.05) is 57.2 Å². The molecule has 3 rings (SSSR count). The van der Waals surface area contributed by atoms with E-state index in [1.54, 1.807) is 41.1 Å². The van der Waals surface area contributed by atoms with Crippen molar-refractivity contribution in [2.24, 2.45) is 5.41 Å². The Morgan fingerprint density at radius 2 is 1.64 bits per heavy atom. The SMILES string of the molecule is CC(C)N(NC(=O)c1ccccc1)C(=O)/C=C/c1cn(C(=O)CC(C)(C)C)c2ccccc12. The van der Waals surface area contributed by atoms with Crippen LogP contribution in [0.15, 0.2) is 66.9 Å². The summed E-state index contributed by atoms with van der Waals surface area (Å²) >= 11 is 0. The third-order valence-electron chi connectivity index (χ3n) is 5.11. The Morgan fingerprint density at radius 3 is 2.27 bits per heavy atom. The van der Waals surface area contributed by atoms with E-state index in [1.165, 1.54) is 11.1 Å². The monoisotopic (exact) mass is 445 g/mol. The van der Waals surface area contributed by atoms with Gasteiger partial charge in [-0.05, 0) is 43.5 Å². The third-order valence-corrected chi connectivity index (χ3v) is 5.11. The van der Waals surface area contributed by atoms with Gasteiger partial charge < -0.3 is 0 Å². The molecule has 0 aliphatic rings. The Hall–Kier alpha value is -3.67. The topological polar surface area (TPSA) is 71.4 Å². The van der Waals surface area contributed by atoms with Gasteiger partial charge in [-0.2, -0.15) is 0 Å². The van der Waals surface area contributed by atoms with Crippen LogP contribution in [0.1, 0.15) is 61.8 Å². The molecule has 0 unspecified atom stereocenters. The van der Waals surface area contributed by atoms with E-state index in [-0.39, 0.29) is 29.2 Å². The van der Waals surface area contributed by atoms with E-state index in [0.29, 0.717) is 12.0 Å². The highest BCUT2D eigenvalue weighted by atomic mass is 16.2. The van der Waals surface area contributed by atoms with Crippen molar-refractivity contribution in [3.05, 3.63) is 78.0 Å². The zero-order chi connectivity index (χ0) is 24.2. The summed E-state index contributed by atoms with van der Waals surface area (Å²) in [7, 11) is 0. The minimum atomic E-state index is -0.355. The molecule has 6 heteroatoms. The van der Waals surface area contributed by atoms with Gasteiger partial charge >= 0.3 is 0 Å². The predicted molar refractivity (Wildman–Crippen MR) is 132 cm³/mol. The number of carbonyl (C=O) groups is 3. The fraction of sp³-hybridized carbons (Fsp3) is 0.296. The number of benzene rings is 2. The Kier molecular flexibility index (Phi) is 7.16. The molecule has 1 N–H and O–H groups in total. The highest BCUT2D eigenvalue weighted by Crippen LogP contribution is 2.26. The summed E-state index contributed by atoms with van der Waals surface area (Å²) in [6.45, 7) is 9.74. The lowest BCUT2D eigenvalue weighted by molar-refractivity contribution is -0.130. The quantitative estimate of drug-likeness (QED) is 0.427. The van der Waals surface area contributed by atoms with Crippen LogP contribution >= 0.6 is 0 Å². The van der Waals surface area contributed by atoms with Crippen LogP contribution in [0.5, 0.6) is 0 Å². The zero-order valence-electron chi connectivity index (χ0n) is 19.8. The molecule has 0 saturated carbocycles. The number of amides is 2. The lowest BCUT2D eigenvalue weighted by atomic mass is 9.92. The largest absolute Gasteiger partial charge is 0.287 e. The van der Waals surface area contributed by atoms with E-state index in [0.717, 1.165) is 16.5 Å². The standard InChI is InChI=1S/C27H31N3O3/c1-19(2)30(28-26(33)20-11-7-6-8-12-20)24(31)16-15-21-18-29(25(32)17-27(3,4)5)23-14-10-9-13-22(21)23/h6-16,18-19H,17H2,1-5H3,(H,28,33)/b16-15+. The molecule has 6 nitrogen and oxygen atoms in total. The van der Waals surface area contributed by atoms with Crippen LogP contribution in [0.4, 0.5) is 0 Å². The molecule has 3 aromatic rings. The van der Waals surface area contributed by atoms with Crippen molar-refractivity contribution in [3.8, 4) is 0 Å². The lowest BCUT2D eigenvalue weighted by Crippen LogP contribution is -2.49. The van der Waals surface area contributed by atoms with Gasteiger partial charge in [0.2, 0.25) is 5.91 Å². The van der Waals surface area contributed by atoms with Crippen LogP contribution < -0.4 is 5.43 Å². The molecule has 33 heavy (non-hydrogen) atoms. The maximum Gasteiger partial charge on any atom is 0.269 e. The van der Waals surface area contributed by atoms with Crippen LogP contribution in [0.25, 0.3) is 17.0 Å². The molecule has 0 spiro atoms. The molecule has 0 aliphatic carbocycles. The molecule has 0 radical (unpaired) electrons. The number of hydrogen-bond donors (Lipinski definition) is 1. The maximum atomic E-state index is 12.9. The van der Waals surface area contributed by atoms with Crippen LogP contribution in [-0.4, -0.2) is 33.3 Å². The molecule has 2 aromatic carbocycles. The molecule has 0 bridgehead atoms. The van der Waals surface area contributed by atoms with Crippen molar-refractivity contribution >= 4 is 34.7 Å². The molecular weight excluding hydrogens is 414 g/mol. The number of rotatable bonds is 5. The van der Waals surface area contributed by atoms with Crippen LogP contribution in [0, 0.1) is 5.41 Å². The minimum absolute atomic E-state index is 0.00334. The van der Waals surface area contributed by atoms with Gasteiger partial charge in [-0.25, -0.2) is 5.01 Å². The Morgan fingerprint density at radius 1 is 1.00 bits per heavy atom. The molecule has 1 aromatic heterocycles. The summed E-state index contributed by atoms with van der Waals surface area (Å²) in [6.07, 6.45) is 5.28. The summed E-state index contributed by atoms with van der Waals surface area (Å²) in [5.41, 5.74) is 4.59. The Balaban J connectivity index is 1.85. The number of nitrogens with one attached hydrogen (secondary N) is 1. The lowest BCUT2D eigenvalue weighted by Gasteiger charge is -2.25. The molecule has 172 valence electrons. The van der Waals surface area contributed by atoms with E-state index < -0.39 is 0 Å². The highest BCUT2D eigenvalue weighted by Gasteiger charge is 2.21. The van der Waals surface area contributed by atoms with Crippen molar-refractivity contribution < 1.29 is 14.4 Å².